The summed E-state index contributed by atoms with van der Waals surface area (Å²) in [6.07, 6.45) is 1.64. The average Bonchev–Trinajstić information content (AvgIpc) is 2.59. The molecule has 122 valence electrons. The number of rotatable bonds is 5. The molecule has 0 aliphatic heterocycles. The van der Waals surface area contributed by atoms with Gasteiger partial charge in [0.25, 0.3) is 0 Å². The molecule has 0 N–H and O–H groups in total. The smallest absolute Gasteiger partial charge is 0.338 e. The summed E-state index contributed by atoms with van der Waals surface area (Å²) < 4.78 is 16.8. The number of ether oxygens (including phenoxy) is 1. The van der Waals surface area contributed by atoms with Gasteiger partial charge >= 0.3 is 5.97 Å². The highest BCUT2D eigenvalue weighted by molar-refractivity contribution is 7.83. The number of esters is 1. The summed E-state index contributed by atoms with van der Waals surface area (Å²) in [4.78, 5) is 12.3. The van der Waals surface area contributed by atoms with Crippen molar-refractivity contribution in [3.05, 3.63) is 83.4 Å². The fraction of sp³-hybridized carbons (Fsp3) is 0.150. The molecule has 0 fully saturated rings. The van der Waals surface area contributed by atoms with E-state index in [9.17, 15) is 9.00 Å². The Morgan fingerprint density at radius 3 is 2.58 bits per heavy atom. The summed E-state index contributed by atoms with van der Waals surface area (Å²) in [5.41, 5.74) is 2.33. The molecule has 0 bridgehead atoms. The van der Waals surface area contributed by atoms with Crippen molar-refractivity contribution < 1.29 is 13.7 Å². The van der Waals surface area contributed by atoms with E-state index in [1.54, 1.807) is 24.5 Å². The van der Waals surface area contributed by atoms with Crippen molar-refractivity contribution in [1.82, 2.24) is 0 Å². The number of hydrogen-bond acceptors (Lipinski definition) is 3. The first-order chi connectivity index (χ1) is 11.6. The lowest BCUT2D eigenvalue weighted by Crippen LogP contribution is -2.06. The molecule has 0 amide bonds. The quantitative estimate of drug-likeness (QED) is 0.659. The predicted molar refractivity (Wildman–Crippen MR) is 97.3 cm³/mol. The highest BCUT2D eigenvalue weighted by Crippen LogP contribution is 2.19. The SMILES string of the molecule is C[S@@](=O)Cc1cccc(C(=O)OCc2cccc3ccccc23)c1. The molecular formula is C20H18O3S. The summed E-state index contributed by atoms with van der Waals surface area (Å²) in [7, 11) is -0.939. The Labute approximate surface area is 143 Å². The van der Waals surface area contributed by atoms with Gasteiger partial charge in [0.15, 0.2) is 0 Å². The molecule has 0 radical (unpaired) electrons. The van der Waals surface area contributed by atoms with Crippen LogP contribution in [0.25, 0.3) is 10.8 Å². The third-order valence-electron chi connectivity index (χ3n) is 3.77. The van der Waals surface area contributed by atoms with E-state index in [-0.39, 0.29) is 12.6 Å². The van der Waals surface area contributed by atoms with Crippen molar-refractivity contribution in [1.29, 1.82) is 0 Å². The van der Waals surface area contributed by atoms with Crippen LogP contribution in [0.5, 0.6) is 0 Å². The van der Waals surface area contributed by atoms with Crippen LogP contribution in [0.3, 0.4) is 0 Å². The van der Waals surface area contributed by atoms with Gasteiger partial charge in [0.2, 0.25) is 0 Å². The van der Waals surface area contributed by atoms with Crippen LogP contribution in [0.4, 0.5) is 0 Å². The van der Waals surface area contributed by atoms with Crippen LogP contribution in [-0.2, 0) is 27.9 Å². The normalized spacial score (nSPS) is 12.0. The first kappa shape index (κ1) is 16.4. The largest absolute Gasteiger partial charge is 0.457 e. The third kappa shape index (κ3) is 3.89. The Bertz CT molecular complexity index is 897. The fourth-order valence-corrected chi connectivity index (χ4v) is 3.32. The number of hydrogen-bond donors (Lipinski definition) is 0. The van der Waals surface area contributed by atoms with E-state index in [4.69, 9.17) is 4.74 Å². The summed E-state index contributed by atoms with van der Waals surface area (Å²) >= 11 is 0. The summed E-state index contributed by atoms with van der Waals surface area (Å²) in [5.74, 6) is 0.0661. The van der Waals surface area contributed by atoms with Crippen molar-refractivity contribution >= 4 is 27.5 Å². The molecule has 0 saturated heterocycles. The van der Waals surface area contributed by atoms with Crippen LogP contribution < -0.4 is 0 Å². The first-order valence-corrected chi connectivity index (χ1v) is 9.39. The molecule has 0 saturated carbocycles. The van der Waals surface area contributed by atoms with Crippen LogP contribution in [0, 0.1) is 0 Å². The molecule has 0 aromatic heterocycles. The minimum absolute atomic E-state index is 0.226. The number of fused-ring (bicyclic) bond motifs is 1. The van der Waals surface area contributed by atoms with Gasteiger partial charge in [-0.1, -0.05) is 54.6 Å². The Morgan fingerprint density at radius 1 is 1.00 bits per heavy atom. The lowest BCUT2D eigenvalue weighted by Gasteiger charge is -2.09. The lowest BCUT2D eigenvalue weighted by molar-refractivity contribution is 0.0474. The fourth-order valence-electron chi connectivity index (χ4n) is 2.67. The van der Waals surface area contributed by atoms with Gasteiger partial charge in [0.05, 0.1) is 5.56 Å². The molecule has 3 aromatic rings. The van der Waals surface area contributed by atoms with Gasteiger partial charge in [-0.2, -0.15) is 0 Å². The van der Waals surface area contributed by atoms with Crippen molar-refractivity contribution in [2.45, 2.75) is 12.4 Å². The molecule has 3 rings (SSSR count). The molecule has 0 aliphatic rings. The molecular weight excluding hydrogens is 320 g/mol. The monoisotopic (exact) mass is 338 g/mol. The molecule has 24 heavy (non-hydrogen) atoms. The van der Waals surface area contributed by atoms with Crippen LogP contribution in [-0.4, -0.2) is 16.4 Å². The molecule has 1 atom stereocenters. The van der Waals surface area contributed by atoms with Gasteiger partial charge in [-0.15, -0.1) is 0 Å². The molecule has 0 heterocycles. The Hall–Kier alpha value is -2.46. The summed E-state index contributed by atoms with van der Waals surface area (Å²) in [5, 5.41) is 2.21. The number of carbonyl (C=O) groups is 1. The van der Waals surface area contributed by atoms with Crippen LogP contribution in [0.1, 0.15) is 21.5 Å². The van der Waals surface area contributed by atoms with Crippen LogP contribution in [0.2, 0.25) is 0 Å². The van der Waals surface area contributed by atoms with Crippen molar-refractivity contribution in [2.75, 3.05) is 6.26 Å². The van der Waals surface area contributed by atoms with Gasteiger partial charge in [-0.25, -0.2) is 4.79 Å². The third-order valence-corrected chi connectivity index (χ3v) is 4.51. The summed E-state index contributed by atoms with van der Waals surface area (Å²) in [6.45, 7) is 0.226. The second kappa shape index (κ2) is 7.41. The van der Waals surface area contributed by atoms with E-state index >= 15 is 0 Å². The molecule has 3 aromatic carbocycles. The van der Waals surface area contributed by atoms with E-state index < -0.39 is 10.8 Å². The van der Waals surface area contributed by atoms with Crippen LogP contribution >= 0.6 is 0 Å². The van der Waals surface area contributed by atoms with E-state index in [1.165, 1.54) is 0 Å². The summed E-state index contributed by atoms with van der Waals surface area (Å²) in [6, 6.07) is 21.1. The maximum absolute atomic E-state index is 12.3. The molecule has 0 unspecified atom stereocenters. The zero-order chi connectivity index (χ0) is 16.9. The van der Waals surface area contributed by atoms with Gasteiger partial charge in [-0.3, -0.25) is 4.21 Å². The first-order valence-electron chi connectivity index (χ1n) is 7.66. The zero-order valence-electron chi connectivity index (χ0n) is 13.4. The van der Waals surface area contributed by atoms with E-state index in [0.29, 0.717) is 11.3 Å². The van der Waals surface area contributed by atoms with E-state index in [2.05, 4.69) is 0 Å². The second-order valence-electron chi connectivity index (χ2n) is 5.63. The maximum Gasteiger partial charge on any atom is 0.338 e. The van der Waals surface area contributed by atoms with Crippen LogP contribution in [0.15, 0.2) is 66.7 Å². The highest BCUT2D eigenvalue weighted by Gasteiger charge is 2.10. The average molecular weight is 338 g/mol. The van der Waals surface area contributed by atoms with Gasteiger partial charge in [-0.05, 0) is 34.0 Å². The maximum atomic E-state index is 12.3. The highest BCUT2D eigenvalue weighted by atomic mass is 32.2. The standard InChI is InChI=1S/C20H18O3S/c1-24(22)14-15-6-4-9-17(12-15)20(21)23-13-18-10-5-8-16-7-2-3-11-19(16)18/h2-12H,13-14H2,1H3/t24-/m1/s1. The van der Waals surface area contributed by atoms with E-state index in [1.807, 2.05) is 48.5 Å². The van der Waals surface area contributed by atoms with Crippen molar-refractivity contribution in [3.63, 3.8) is 0 Å². The van der Waals surface area contributed by atoms with Gasteiger partial charge in [0, 0.05) is 22.8 Å². The minimum atomic E-state index is -0.939. The molecule has 3 nitrogen and oxygen atoms in total. The Balaban J connectivity index is 1.74. The Kier molecular flexibility index (Phi) is 5.06. The number of benzene rings is 3. The van der Waals surface area contributed by atoms with E-state index in [0.717, 1.165) is 21.9 Å². The van der Waals surface area contributed by atoms with Crippen molar-refractivity contribution in [3.8, 4) is 0 Å². The molecule has 0 aliphatic carbocycles. The minimum Gasteiger partial charge on any atom is -0.457 e. The Morgan fingerprint density at radius 2 is 1.75 bits per heavy atom. The molecule has 0 spiro atoms. The zero-order valence-corrected chi connectivity index (χ0v) is 14.2. The second-order valence-corrected chi connectivity index (χ2v) is 7.07. The number of carbonyl (C=O) groups excluding carboxylic acids is 1. The molecule has 4 heteroatoms. The topological polar surface area (TPSA) is 43.4 Å². The van der Waals surface area contributed by atoms with Crippen molar-refractivity contribution in [2.24, 2.45) is 0 Å². The lowest BCUT2D eigenvalue weighted by atomic mass is 10.1. The predicted octanol–water partition coefficient (Wildman–Crippen LogP) is 4.08. The van der Waals surface area contributed by atoms with Gasteiger partial charge < -0.3 is 4.74 Å². The van der Waals surface area contributed by atoms with Gasteiger partial charge in [0.1, 0.15) is 6.61 Å².